The van der Waals surface area contributed by atoms with Gasteiger partial charge in [0.25, 0.3) is 5.69 Å². The van der Waals surface area contributed by atoms with E-state index in [1.165, 1.54) is 12.1 Å². The van der Waals surface area contributed by atoms with Gasteiger partial charge in [0.15, 0.2) is 5.78 Å². The van der Waals surface area contributed by atoms with Gasteiger partial charge in [-0.3, -0.25) is 14.9 Å². The molecule has 92 valence electrons. The molecular weight excluding hydrogens is 238 g/mol. The van der Waals surface area contributed by atoms with Crippen molar-refractivity contribution in [3.63, 3.8) is 0 Å². The van der Waals surface area contributed by atoms with E-state index in [0.29, 0.717) is 5.75 Å². The minimum Gasteiger partial charge on any atom is -0.294 e. The average Bonchev–Trinajstić information content (AvgIpc) is 2.34. The molecule has 1 unspecified atom stereocenters. The molecule has 0 heterocycles. The first kappa shape index (κ1) is 13.7. The number of Topliss-reactive ketones (excluding diaryl/α,β-unsaturated/α-hetero) is 1. The van der Waals surface area contributed by atoms with Crippen molar-refractivity contribution >= 4 is 23.2 Å². The second kappa shape index (κ2) is 6.39. The maximum absolute atomic E-state index is 12.1. The van der Waals surface area contributed by atoms with Crippen LogP contribution in [0, 0.1) is 16.0 Å². The summed E-state index contributed by atoms with van der Waals surface area (Å²) in [6, 6.07) is 6.11. The first-order valence-electron chi connectivity index (χ1n) is 5.43. The van der Waals surface area contributed by atoms with Gasteiger partial charge in [0, 0.05) is 17.7 Å². The van der Waals surface area contributed by atoms with Crippen LogP contribution in [0.2, 0.25) is 0 Å². The first-order chi connectivity index (χ1) is 8.07. The highest BCUT2D eigenvalue weighted by Crippen LogP contribution is 2.22. The van der Waals surface area contributed by atoms with Crippen LogP contribution in [-0.4, -0.2) is 22.2 Å². The van der Waals surface area contributed by atoms with Crippen molar-refractivity contribution in [2.45, 2.75) is 13.8 Å². The van der Waals surface area contributed by atoms with Crippen LogP contribution in [0.1, 0.15) is 24.2 Å². The lowest BCUT2D eigenvalue weighted by molar-refractivity contribution is -0.385. The quantitative estimate of drug-likeness (QED) is 0.444. The number of carbonyl (C=O) groups is 1. The average molecular weight is 253 g/mol. The Balaban J connectivity index is 2.92. The normalized spacial score (nSPS) is 12.1. The molecule has 0 saturated carbocycles. The topological polar surface area (TPSA) is 60.2 Å². The largest absolute Gasteiger partial charge is 0.294 e. The number of nitro groups is 1. The molecule has 1 aromatic carbocycles. The van der Waals surface area contributed by atoms with E-state index in [9.17, 15) is 14.9 Å². The fourth-order valence-electron chi connectivity index (χ4n) is 1.48. The number of benzene rings is 1. The Morgan fingerprint density at radius 2 is 2.12 bits per heavy atom. The predicted octanol–water partition coefficient (Wildman–Crippen LogP) is 3.17. The van der Waals surface area contributed by atoms with Gasteiger partial charge in [-0.2, -0.15) is 11.8 Å². The lowest BCUT2D eigenvalue weighted by atomic mass is 9.99. The molecule has 0 amide bonds. The Kier molecular flexibility index (Phi) is 5.15. The molecule has 1 atom stereocenters. The number of para-hydroxylation sites is 1. The fraction of sp³-hybridized carbons (Fsp3) is 0.417. The van der Waals surface area contributed by atoms with Crippen LogP contribution in [0.15, 0.2) is 24.3 Å². The van der Waals surface area contributed by atoms with Gasteiger partial charge in [-0.05, 0) is 11.8 Å². The summed E-state index contributed by atoms with van der Waals surface area (Å²) >= 11 is 1.66. The van der Waals surface area contributed by atoms with Crippen LogP contribution >= 0.6 is 11.8 Å². The van der Waals surface area contributed by atoms with E-state index in [2.05, 4.69) is 0 Å². The van der Waals surface area contributed by atoms with E-state index < -0.39 is 4.92 Å². The molecule has 0 fully saturated rings. The number of thioether (sulfide) groups is 1. The van der Waals surface area contributed by atoms with E-state index in [4.69, 9.17) is 0 Å². The summed E-state index contributed by atoms with van der Waals surface area (Å²) in [4.78, 5) is 22.4. The molecule has 0 radical (unpaired) electrons. The predicted molar refractivity (Wildman–Crippen MR) is 69.6 cm³/mol. The number of nitrogens with zero attached hydrogens (tertiary/aromatic N) is 1. The molecule has 0 N–H and O–H groups in total. The summed E-state index contributed by atoms with van der Waals surface area (Å²) in [5.74, 6) is 1.29. The van der Waals surface area contributed by atoms with Crippen molar-refractivity contribution in [1.29, 1.82) is 0 Å². The van der Waals surface area contributed by atoms with E-state index in [0.717, 1.165) is 5.75 Å². The van der Waals surface area contributed by atoms with Crippen molar-refractivity contribution in [3.05, 3.63) is 39.9 Å². The molecule has 0 aromatic heterocycles. The van der Waals surface area contributed by atoms with Crippen molar-refractivity contribution in [1.82, 2.24) is 0 Å². The summed E-state index contributed by atoms with van der Waals surface area (Å²) in [5, 5.41) is 10.8. The third-order valence-corrected chi connectivity index (χ3v) is 3.53. The van der Waals surface area contributed by atoms with Crippen LogP contribution < -0.4 is 0 Å². The lowest BCUT2D eigenvalue weighted by Crippen LogP contribution is -2.15. The summed E-state index contributed by atoms with van der Waals surface area (Å²) in [6.45, 7) is 3.83. The highest BCUT2D eigenvalue weighted by molar-refractivity contribution is 7.99. The third-order valence-electron chi connectivity index (χ3n) is 2.39. The molecule has 0 aliphatic heterocycles. The molecule has 0 saturated heterocycles. The zero-order chi connectivity index (χ0) is 12.8. The summed E-state index contributed by atoms with van der Waals surface area (Å²) in [5.41, 5.74) is 0.104. The van der Waals surface area contributed by atoms with E-state index in [-0.39, 0.29) is 23.0 Å². The smallest absolute Gasteiger partial charge is 0.280 e. The number of nitro benzene ring substituents is 1. The van der Waals surface area contributed by atoms with Crippen LogP contribution in [0.25, 0.3) is 0 Å². The molecular formula is C12H15NO3S. The van der Waals surface area contributed by atoms with Crippen molar-refractivity contribution < 1.29 is 9.72 Å². The van der Waals surface area contributed by atoms with Gasteiger partial charge in [-0.15, -0.1) is 0 Å². The summed E-state index contributed by atoms with van der Waals surface area (Å²) in [6.07, 6.45) is 0. The molecule has 1 aromatic rings. The maximum atomic E-state index is 12.1. The SMILES string of the molecule is CCSCC(C)C(=O)c1ccccc1[N+](=O)[O-]. The fourth-order valence-corrected chi connectivity index (χ4v) is 2.22. The number of carbonyl (C=O) groups excluding carboxylic acids is 1. The monoisotopic (exact) mass is 253 g/mol. The molecule has 4 nitrogen and oxygen atoms in total. The van der Waals surface area contributed by atoms with Gasteiger partial charge in [0.2, 0.25) is 0 Å². The number of rotatable bonds is 6. The van der Waals surface area contributed by atoms with Gasteiger partial charge in [0.1, 0.15) is 0 Å². The van der Waals surface area contributed by atoms with Gasteiger partial charge in [-0.25, -0.2) is 0 Å². The van der Waals surface area contributed by atoms with E-state index in [1.54, 1.807) is 23.9 Å². The third kappa shape index (κ3) is 3.56. The Morgan fingerprint density at radius 3 is 2.71 bits per heavy atom. The molecule has 0 aliphatic rings. The van der Waals surface area contributed by atoms with Crippen molar-refractivity contribution in [2.24, 2.45) is 5.92 Å². The standard InChI is InChI=1S/C12H15NO3S/c1-3-17-8-9(2)12(14)10-6-4-5-7-11(10)13(15)16/h4-7,9H,3,8H2,1-2H3. The van der Waals surface area contributed by atoms with Gasteiger partial charge in [0.05, 0.1) is 10.5 Å². The van der Waals surface area contributed by atoms with Gasteiger partial charge < -0.3 is 0 Å². The second-order valence-corrected chi connectivity index (χ2v) is 5.02. The zero-order valence-electron chi connectivity index (χ0n) is 9.88. The summed E-state index contributed by atoms with van der Waals surface area (Å²) in [7, 11) is 0. The second-order valence-electron chi connectivity index (χ2n) is 3.70. The molecule has 0 bridgehead atoms. The zero-order valence-corrected chi connectivity index (χ0v) is 10.7. The Morgan fingerprint density at radius 1 is 1.47 bits per heavy atom. The summed E-state index contributed by atoms with van der Waals surface area (Å²) < 4.78 is 0. The van der Waals surface area contributed by atoms with E-state index >= 15 is 0 Å². The van der Waals surface area contributed by atoms with Crippen LogP contribution in [0.3, 0.4) is 0 Å². The Hall–Kier alpha value is -1.36. The molecule has 0 spiro atoms. The number of ketones is 1. The van der Waals surface area contributed by atoms with Gasteiger partial charge >= 0.3 is 0 Å². The minimum atomic E-state index is -0.507. The molecule has 5 heteroatoms. The minimum absolute atomic E-state index is 0.106. The molecule has 1 rings (SSSR count). The number of hydrogen-bond donors (Lipinski definition) is 0. The van der Waals surface area contributed by atoms with Crippen molar-refractivity contribution in [3.8, 4) is 0 Å². The highest BCUT2D eigenvalue weighted by Gasteiger charge is 2.23. The lowest BCUT2D eigenvalue weighted by Gasteiger charge is -2.09. The van der Waals surface area contributed by atoms with Crippen LogP contribution in [-0.2, 0) is 0 Å². The maximum Gasteiger partial charge on any atom is 0.280 e. The van der Waals surface area contributed by atoms with Crippen molar-refractivity contribution in [2.75, 3.05) is 11.5 Å². The first-order valence-corrected chi connectivity index (χ1v) is 6.58. The van der Waals surface area contributed by atoms with E-state index in [1.807, 2.05) is 13.8 Å². The van der Waals surface area contributed by atoms with Crippen LogP contribution in [0.4, 0.5) is 5.69 Å². The number of hydrogen-bond acceptors (Lipinski definition) is 4. The molecule has 17 heavy (non-hydrogen) atoms. The Bertz CT molecular complexity index is 420. The van der Waals surface area contributed by atoms with Crippen LogP contribution in [0.5, 0.6) is 0 Å². The highest BCUT2D eigenvalue weighted by atomic mass is 32.2. The van der Waals surface area contributed by atoms with Gasteiger partial charge in [-0.1, -0.05) is 26.0 Å². The molecule has 0 aliphatic carbocycles. The Labute approximate surface area is 105 Å².